The van der Waals surface area contributed by atoms with E-state index in [1.54, 1.807) is 0 Å². The summed E-state index contributed by atoms with van der Waals surface area (Å²) in [7, 11) is 0. The Hall–Kier alpha value is -0.120. The molecule has 21 heavy (non-hydrogen) atoms. The van der Waals surface area contributed by atoms with Gasteiger partial charge in [-0.1, -0.05) is 34.1 Å². The van der Waals surface area contributed by atoms with E-state index in [0.29, 0.717) is 18.2 Å². The summed E-state index contributed by atoms with van der Waals surface area (Å²) in [5.74, 6) is 1.53. The number of hydrogen-bond donors (Lipinski definition) is 1. The second-order valence-corrected chi connectivity index (χ2v) is 7.63. The summed E-state index contributed by atoms with van der Waals surface area (Å²) in [5, 5.41) is 3.81. The number of ether oxygens (including phenoxy) is 1. The van der Waals surface area contributed by atoms with Crippen molar-refractivity contribution in [3.05, 3.63) is 0 Å². The third-order valence-electron chi connectivity index (χ3n) is 5.35. The molecule has 2 aliphatic rings. The van der Waals surface area contributed by atoms with Crippen LogP contribution in [0.3, 0.4) is 0 Å². The molecule has 2 heterocycles. The van der Waals surface area contributed by atoms with E-state index in [1.165, 1.54) is 38.6 Å². The van der Waals surface area contributed by atoms with Gasteiger partial charge >= 0.3 is 0 Å². The Balaban J connectivity index is 1.94. The van der Waals surface area contributed by atoms with Gasteiger partial charge in [-0.15, -0.1) is 0 Å². The summed E-state index contributed by atoms with van der Waals surface area (Å²) < 4.78 is 5.99. The predicted molar refractivity (Wildman–Crippen MR) is 89.7 cm³/mol. The maximum absolute atomic E-state index is 5.99. The minimum Gasteiger partial charge on any atom is -0.377 e. The van der Waals surface area contributed by atoms with Crippen molar-refractivity contribution in [2.75, 3.05) is 26.2 Å². The van der Waals surface area contributed by atoms with Crippen LogP contribution in [0.15, 0.2) is 0 Å². The molecule has 0 radical (unpaired) electrons. The van der Waals surface area contributed by atoms with Crippen molar-refractivity contribution in [1.29, 1.82) is 0 Å². The van der Waals surface area contributed by atoms with Crippen molar-refractivity contribution in [1.82, 2.24) is 10.2 Å². The molecule has 0 amide bonds. The largest absolute Gasteiger partial charge is 0.377 e. The second-order valence-electron chi connectivity index (χ2n) is 7.63. The highest BCUT2D eigenvalue weighted by molar-refractivity contribution is 4.90. The topological polar surface area (TPSA) is 24.5 Å². The molecule has 2 aliphatic heterocycles. The van der Waals surface area contributed by atoms with Crippen LogP contribution >= 0.6 is 0 Å². The normalized spacial score (nSPS) is 33.3. The molecular weight excluding hydrogens is 260 g/mol. The molecule has 2 fully saturated rings. The lowest BCUT2D eigenvalue weighted by Gasteiger charge is -2.44. The number of rotatable bonds is 6. The Morgan fingerprint density at radius 2 is 2.05 bits per heavy atom. The molecule has 2 saturated heterocycles. The molecule has 4 atom stereocenters. The smallest absolute Gasteiger partial charge is 0.0702 e. The van der Waals surface area contributed by atoms with Crippen LogP contribution < -0.4 is 5.32 Å². The maximum atomic E-state index is 5.99. The predicted octanol–water partition coefficient (Wildman–Crippen LogP) is 3.29. The van der Waals surface area contributed by atoms with Crippen molar-refractivity contribution < 1.29 is 4.74 Å². The van der Waals surface area contributed by atoms with Gasteiger partial charge in [-0.25, -0.2) is 0 Å². The zero-order valence-corrected chi connectivity index (χ0v) is 14.6. The lowest BCUT2D eigenvalue weighted by atomic mass is 9.92. The van der Waals surface area contributed by atoms with Crippen LogP contribution in [0.25, 0.3) is 0 Å². The van der Waals surface area contributed by atoms with Crippen molar-refractivity contribution in [2.45, 2.75) is 78.0 Å². The lowest BCUT2D eigenvalue weighted by molar-refractivity contribution is -0.0260. The third-order valence-corrected chi connectivity index (χ3v) is 5.35. The minimum absolute atomic E-state index is 0.476. The summed E-state index contributed by atoms with van der Waals surface area (Å²) >= 11 is 0. The molecule has 0 spiro atoms. The van der Waals surface area contributed by atoms with E-state index < -0.39 is 0 Å². The Labute approximate surface area is 131 Å². The zero-order chi connectivity index (χ0) is 15.2. The van der Waals surface area contributed by atoms with Crippen molar-refractivity contribution >= 4 is 0 Å². The van der Waals surface area contributed by atoms with Crippen LogP contribution in [0, 0.1) is 11.8 Å². The van der Waals surface area contributed by atoms with E-state index in [4.69, 9.17) is 4.74 Å². The van der Waals surface area contributed by atoms with E-state index in [2.05, 4.69) is 37.9 Å². The molecule has 0 aliphatic carbocycles. The highest BCUT2D eigenvalue weighted by Gasteiger charge is 2.32. The van der Waals surface area contributed by atoms with Crippen molar-refractivity contribution in [3.63, 3.8) is 0 Å². The first kappa shape index (κ1) is 17.2. The summed E-state index contributed by atoms with van der Waals surface area (Å²) in [6, 6.07) is 1.35. The Kier molecular flexibility index (Phi) is 6.97. The molecule has 3 nitrogen and oxygen atoms in total. The molecule has 2 rings (SSSR count). The fourth-order valence-corrected chi connectivity index (χ4v) is 3.76. The van der Waals surface area contributed by atoms with Gasteiger partial charge in [0.15, 0.2) is 0 Å². The standard InChI is InChI=1S/C18H36N2O/c1-5-15(4)18-13-20(12-17-8-6-7-9-21-17)16(11-19-18)10-14(2)3/h14-19H,5-13H2,1-4H3. The second kappa shape index (κ2) is 8.50. The van der Waals surface area contributed by atoms with Crippen molar-refractivity contribution in [3.8, 4) is 0 Å². The molecule has 124 valence electrons. The molecular formula is C18H36N2O. The number of piperazine rings is 1. The average molecular weight is 296 g/mol. The maximum Gasteiger partial charge on any atom is 0.0702 e. The van der Waals surface area contributed by atoms with Gasteiger partial charge in [-0.05, 0) is 37.5 Å². The van der Waals surface area contributed by atoms with Crippen LogP contribution in [-0.4, -0.2) is 49.3 Å². The number of hydrogen-bond acceptors (Lipinski definition) is 3. The van der Waals surface area contributed by atoms with E-state index in [-0.39, 0.29) is 0 Å². The molecule has 0 aromatic carbocycles. The number of nitrogens with one attached hydrogen (secondary N) is 1. The van der Waals surface area contributed by atoms with Crippen LogP contribution in [0.1, 0.15) is 59.8 Å². The van der Waals surface area contributed by atoms with Gasteiger partial charge in [-0.3, -0.25) is 4.90 Å². The van der Waals surface area contributed by atoms with Crippen LogP contribution in [0.2, 0.25) is 0 Å². The molecule has 0 saturated carbocycles. The van der Waals surface area contributed by atoms with Crippen LogP contribution in [0.4, 0.5) is 0 Å². The number of nitrogens with zero attached hydrogens (tertiary/aromatic N) is 1. The summed E-state index contributed by atoms with van der Waals surface area (Å²) in [6.45, 7) is 13.8. The average Bonchev–Trinajstić information content (AvgIpc) is 2.49. The minimum atomic E-state index is 0.476. The van der Waals surface area contributed by atoms with E-state index in [9.17, 15) is 0 Å². The first-order chi connectivity index (χ1) is 10.1. The first-order valence-electron chi connectivity index (χ1n) is 9.19. The van der Waals surface area contributed by atoms with Gasteiger partial charge < -0.3 is 10.1 Å². The van der Waals surface area contributed by atoms with Crippen LogP contribution in [-0.2, 0) is 4.74 Å². The summed E-state index contributed by atoms with van der Waals surface area (Å²) in [5.41, 5.74) is 0. The van der Waals surface area contributed by atoms with Gasteiger partial charge in [0.05, 0.1) is 6.10 Å². The first-order valence-corrected chi connectivity index (χ1v) is 9.19. The molecule has 4 unspecified atom stereocenters. The van der Waals surface area contributed by atoms with Gasteiger partial charge in [0.1, 0.15) is 0 Å². The zero-order valence-electron chi connectivity index (χ0n) is 14.6. The molecule has 0 aromatic rings. The highest BCUT2D eigenvalue weighted by Crippen LogP contribution is 2.22. The SMILES string of the molecule is CCC(C)C1CN(CC2CCCCO2)C(CC(C)C)CN1. The van der Waals surface area contributed by atoms with E-state index in [0.717, 1.165) is 31.5 Å². The van der Waals surface area contributed by atoms with Gasteiger partial charge in [0.25, 0.3) is 0 Å². The third kappa shape index (κ3) is 5.22. The molecule has 1 N–H and O–H groups in total. The summed E-state index contributed by atoms with van der Waals surface area (Å²) in [4.78, 5) is 2.74. The lowest BCUT2D eigenvalue weighted by Crippen LogP contribution is -2.60. The van der Waals surface area contributed by atoms with E-state index in [1.807, 2.05) is 0 Å². The fourth-order valence-electron chi connectivity index (χ4n) is 3.76. The Morgan fingerprint density at radius 1 is 1.24 bits per heavy atom. The van der Waals surface area contributed by atoms with Crippen molar-refractivity contribution in [2.24, 2.45) is 11.8 Å². The van der Waals surface area contributed by atoms with Gasteiger partial charge in [0.2, 0.25) is 0 Å². The fraction of sp³-hybridized carbons (Fsp3) is 1.00. The van der Waals surface area contributed by atoms with E-state index >= 15 is 0 Å². The van der Waals surface area contributed by atoms with Crippen LogP contribution in [0.5, 0.6) is 0 Å². The summed E-state index contributed by atoms with van der Waals surface area (Å²) in [6.07, 6.45) is 6.90. The molecule has 3 heteroatoms. The van der Waals surface area contributed by atoms with Gasteiger partial charge in [-0.2, -0.15) is 0 Å². The molecule has 0 bridgehead atoms. The van der Waals surface area contributed by atoms with Gasteiger partial charge in [0, 0.05) is 38.3 Å². The Morgan fingerprint density at radius 3 is 2.67 bits per heavy atom. The monoisotopic (exact) mass is 296 g/mol. The quantitative estimate of drug-likeness (QED) is 0.814. The highest BCUT2D eigenvalue weighted by atomic mass is 16.5. The molecule has 0 aromatic heterocycles. The Bertz CT molecular complexity index is 287.